The van der Waals surface area contributed by atoms with Crippen LogP contribution in [0.3, 0.4) is 0 Å². The minimum absolute atomic E-state index is 0.175. The van der Waals surface area contributed by atoms with Crippen LogP contribution >= 0.6 is 11.8 Å². The zero-order valence-corrected chi connectivity index (χ0v) is 10.0. The third-order valence-electron chi connectivity index (χ3n) is 1.94. The molecule has 0 unspecified atom stereocenters. The summed E-state index contributed by atoms with van der Waals surface area (Å²) in [5.41, 5.74) is 7.24. The summed E-state index contributed by atoms with van der Waals surface area (Å²) in [5.74, 6) is 5.73. The van der Waals surface area contributed by atoms with Crippen molar-refractivity contribution in [3.63, 3.8) is 0 Å². The van der Waals surface area contributed by atoms with Crippen LogP contribution in [0.15, 0.2) is 16.0 Å². The molecule has 0 spiro atoms. The molecule has 1 aromatic heterocycles. The average Bonchev–Trinajstić information content (AvgIpc) is 2.27. The Hall–Kier alpha value is -1.54. The number of aromatic nitrogens is 2. The van der Waals surface area contributed by atoms with Crippen LogP contribution in [0.5, 0.6) is 0 Å². The number of nitrogens with one attached hydrogen (secondary N) is 2. The predicted octanol–water partition coefficient (Wildman–Crippen LogP) is -0.396. The average molecular weight is 257 g/mol. The third kappa shape index (κ3) is 5.36. The van der Waals surface area contributed by atoms with Gasteiger partial charge in [-0.2, -0.15) is 0 Å². The van der Waals surface area contributed by atoms with E-state index in [1.54, 1.807) is 0 Å². The van der Waals surface area contributed by atoms with Crippen LogP contribution in [0.2, 0.25) is 0 Å². The number of nitrogens with zero attached hydrogens (tertiary/aromatic N) is 1. The van der Waals surface area contributed by atoms with E-state index in [-0.39, 0.29) is 17.3 Å². The number of unbranched alkanes of at least 4 members (excludes halogenated alkanes) is 1. The van der Waals surface area contributed by atoms with Gasteiger partial charge in [0.2, 0.25) is 5.91 Å². The molecule has 0 atom stereocenters. The summed E-state index contributed by atoms with van der Waals surface area (Å²) >= 11 is 1.40. The van der Waals surface area contributed by atoms with Crippen molar-refractivity contribution in [2.75, 3.05) is 11.5 Å². The minimum Gasteiger partial charge on any atom is -0.383 e. The molecular weight excluding hydrogens is 242 g/mol. The topological polar surface area (TPSA) is 127 Å². The molecule has 0 aliphatic carbocycles. The van der Waals surface area contributed by atoms with E-state index in [0.29, 0.717) is 11.6 Å². The van der Waals surface area contributed by atoms with Crippen molar-refractivity contribution in [2.45, 2.75) is 24.4 Å². The second kappa shape index (κ2) is 6.92. The van der Waals surface area contributed by atoms with Gasteiger partial charge in [0, 0.05) is 18.2 Å². The number of nitrogen functional groups attached to an aromatic ring is 1. The van der Waals surface area contributed by atoms with Gasteiger partial charge in [-0.05, 0) is 12.8 Å². The number of hydrogen-bond donors (Lipinski definition) is 4. The fourth-order valence-corrected chi connectivity index (χ4v) is 2.03. The van der Waals surface area contributed by atoms with Gasteiger partial charge in [0.1, 0.15) is 5.82 Å². The van der Waals surface area contributed by atoms with E-state index >= 15 is 0 Å². The van der Waals surface area contributed by atoms with Gasteiger partial charge in [0.25, 0.3) is 5.56 Å². The normalized spacial score (nSPS) is 10.2. The Bertz CT molecular complexity index is 434. The molecule has 7 nitrogen and oxygen atoms in total. The number of aromatic amines is 1. The highest BCUT2D eigenvalue weighted by Gasteiger charge is 2.01. The highest BCUT2D eigenvalue weighted by molar-refractivity contribution is 7.99. The predicted molar refractivity (Wildman–Crippen MR) is 66.2 cm³/mol. The van der Waals surface area contributed by atoms with E-state index in [4.69, 9.17) is 11.6 Å². The summed E-state index contributed by atoms with van der Waals surface area (Å²) in [4.78, 5) is 28.4. The van der Waals surface area contributed by atoms with E-state index < -0.39 is 0 Å². The molecule has 1 amide bonds. The summed E-state index contributed by atoms with van der Waals surface area (Å²) in [7, 11) is 0. The number of carbonyl (C=O) groups excluding carboxylic acids is 1. The molecule has 0 saturated heterocycles. The Labute approximate surface area is 102 Å². The number of H-pyrrole nitrogens is 1. The maximum Gasteiger partial charge on any atom is 0.253 e. The van der Waals surface area contributed by atoms with E-state index in [1.165, 1.54) is 17.8 Å². The van der Waals surface area contributed by atoms with E-state index in [1.807, 2.05) is 0 Å². The van der Waals surface area contributed by atoms with Crippen LogP contribution in [0.1, 0.15) is 19.3 Å². The first kappa shape index (κ1) is 13.5. The molecule has 0 aromatic carbocycles. The highest BCUT2D eigenvalue weighted by Crippen LogP contribution is 2.14. The zero-order chi connectivity index (χ0) is 12.7. The lowest BCUT2D eigenvalue weighted by Gasteiger charge is -2.01. The van der Waals surface area contributed by atoms with Crippen molar-refractivity contribution in [1.82, 2.24) is 15.4 Å². The number of rotatable bonds is 6. The highest BCUT2D eigenvalue weighted by atomic mass is 32.2. The largest absolute Gasteiger partial charge is 0.383 e. The lowest BCUT2D eigenvalue weighted by atomic mass is 10.2. The second-order valence-electron chi connectivity index (χ2n) is 3.35. The van der Waals surface area contributed by atoms with Gasteiger partial charge < -0.3 is 10.7 Å². The number of carbonyl (C=O) groups is 1. The van der Waals surface area contributed by atoms with Crippen molar-refractivity contribution in [3.8, 4) is 0 Å². The number of hydrazine groups is 1. The van der Waals surface area contributed by atoms with Crippen molar-refractivity contribution in [2.24, 2.45) is 5.84 Å². The summed E-state index contributed by atoms with van der Waals surface area (Å²) < 4.78 is 0. The Morgan fingerprint density at radius 3 is 2.94 bits per heavy atom. The van der Waals surface area contributed by atoms with E-state index in [0.717, 1.165) is 18.6 Å². The molecule has 94 valence electrons. The monoisotopic (exact) mass is 257 g/mol. The minimum atomic E-state index is -0.262. The van der Waals surface area contributed by atoms with Crippen LogP contribution in [-0.4, -0.2) is 21.6 Å². The first-order valence-corrected chi connectivity index (χ1v) is 6.09. The van der Waals surface area contributed by atoms with Gasteiger partial charge in [-0.15, -0.1) is 0 Å². The van der Waals surface area contributed by atoms with Gasteiger partial charge >= 0.3 is 0 Å². The Kier molecular flexibility index (Phi) is 5.50. The lowest BCUT2D eigenvalue weighted by Crippen LogP contribution is -2.29. The van der Waals surface area contributed by atoms with E-state index in [2.05, 4.69) is 15.4 Å². The van der Waals surface area contributed by atoms with Crippen LogP contribution in [0, 0.1) is 0 Å². The van der Waals surface area contributed by atoms with Crippen LogP contribution in [-0.2, 0) is 4.79 Å². The van der Waals surface area contributed by atoms with Crippen LogP contribution < -0.4 is 22.6 Å². The molecule has 1 heterocycles. The Balaban J connectivity index is 2.26. The number of anilines is 1. The third-order valence-corrected chi connectivity index (χ3v) is 2.90. The van der Waals surface area contributed by atoms with Crippen molar-refractivity contribution in [3.05, 3.63) is 16.4 Å². The number of hydrogen-bond acceptors (Lipinski definition) is 6. The summed E-state index contributed by atoms with van der Waals surface area (Å²) in [6.45, 7) is 0. The van der Waals surface area contributed by atoms with E-state index in [9.17, 15) is 9.59 Å². The molecule has 0 aliphatic heterocycles. The molecule has 0 aliphatic rings. The fourth-order valence-electron chi connectivity index (χ4n) is 1.15. The van der Waals surface area contributed by atoms with Gasteiger partial charge in [0.15, 0.2) is 5.16 Å². The maximum absolute atomic E-state index is 11.1. The number of thioether (sulfide) groups is 1. The Morgan fingerprint density at radius 1 is 1.53 bits per heavy atom. The molecule has 0 fully saturated rings. The molecular formula is C9H15N5O2S. The SMILES string of the molecule is NNC(=O)CCCCSc1nc(N)cc(=O)[nH]1. The van der Waals surface area contributed by atoms with Crippen molar-refractivity contribution in [1.29, 1.82) is 0 Å². The molecule has 17 heavy (non-hydrogen) atoms. The summed E-state index contributed by atoms with van der Waals surface area (Å²) in [6, 6.07) is 1.23. The lowest BCUT2D eigenvalue weighted by molar-refractivity contribution is -0.121. The molecule has 1 rings (SSSR count). The molecule has 6 N–H and O–H groups in total. The zero-order valence-electron chi connectivity index (χ0n) is 9.23. The molecule has 0 bridgehead atoms. The van der Waals surface area contributed by atoms with Crippen molar-refractivity contribution >= 4 is 23.5 Å². The first-order valence-electron chi connectivity index (χ1n) is 5.11. The van der Waals surface area contributed by atoms with Gasteiger partial charge in [-0.25, -0.2) is 10.8 Å². The molecule has 0 saturated carbocycles. The van der Waals surface area contributed by atoms with Crippen LogP contribution in [0.4, 0.5) is 5.82 Å². The smallest absolute Gasteiger partial charge is 0.253 e. The van der Waals surface area contributed by atoms with Crippen LogP contribution in [0.25, 0.3) is 0 Å². The molecule has 0 radical (unpaired) electrons. The standard InChI is InChI=1S/C9H15N5O2S/c10-6-5-8(16)13-9(12-6)17-4-2-1-3-7(15)14-11/h5H,1-4,11H2,(H,14,15)(H3,10,12,13,16). The Morgan fingerprint density at radius 2 is 2.29 bits per heavy atom. The first-order chi connectivity index (χ1) is 8.11. The van der Waals surface area contributed by atoms with Gasteiger partial charge in [0.05, 0.1) is 0 Å². The molecule has 8 heteroatoms. The van der Waals surface area contributed by atoms with Gasteiger partial charge in [-0.1, -0.05) is 11.8 Å². The maximum atomic E-state index is 11.1. The second-order valence-corrected chi connectivity index (χ2v) is 4.43. The quantitative estimate of drug-likeness (QED) is 0.137. The van der Waals surface area contributed by atoms with Crippen molar-refractivity contribution < 1.29 is 4.79 Å². The summed E-state index contributed by atoms with van der Waals surface area (Å²) in [6.07, 6.45) is 1.97. The summed E-state index contributed by atoms with van der Waals surface area (Å²) in [5, 5.41) is 0.498. The molecule has 1 aromatic rings. The number of nitrogens with two attached hydrogens (primary N) is 2. The van der Waals surface area contributed by atoms with Gasteiger partial charge in [-0.3, -0.25) is 15.0 Å². The number of amides is 1. The fraction of sp³-hybridized carbons (Fsp3) is 0.444.